The Balaban J connectivity index is 1.52. The van der Waals surface area contributed by atoms with Crippen molar-refractivity contribution < 1.29 is 14.3 Å². The Labute approximate surface area is 186 Å². The SMILES string of the molecule is CN=C(NCCCN1CCCC1C(=O)N(C)C)N1CCc2cc(OC)c(OC)cc2C1. The van der Waals surface area contributed by atoms with Crippen LogP contribution in [0.1, 0.15) is 30.4 Å². The molecule has 8 nitrogen and oxygen atoms in total. The highest BCUT2D eigenvalue weighted by Crippen LogP contribution is 2.33. The molecule has 8 heteroatoms. The molecule has 3 rings (SSSR count). The topological polar surface area (TPSA) is 69.6 Å². The summed E-state index contributed by atoms with van der Waals surface area (Å²) in [5.74, 6) is 2.69. The monoisotopic (exact) mass is 431 g/mol. The van der Waals surface area contributed by atoms with E-state index in [1.54, 1.807) is 19.1 Å². The summed E-state index contributed by atoms with van der Waals surface area (Å²) in [4.78, 5) is 23.2. The van der Waals surface area contributed by atoms with E-state index in [-0.39, 0.29) is 11.9 Å². The molecule has 1 N–H and O–H groups in total. The summed E-state index contributed by atoms with van der Waals surface area (Å²) in [6.07, 6.45) is 3.98. The Hall–Kier alpha value is -2.48. The summed E-state index contributed by atoms with van der Waals surface area (Å²) in [5, 5.41) is 3.51. The van der Waals surface area contributed by atoms with E-state index in [0.717, 1.165) is 75.9 Å². The van der Waals surface area contributed by atoms with Crippen LogP contribution in [0.25, 0.3) is 0 Å². The van der Waals surface area contributed by atoms with Crippen molar-refractivity contribution in [2.24, 2.45) is 4.99 Å². The predicted octanol–water partition coefficient (Wildman–Crippen LogP) is 1.58. The first-order valence-corrected chi connectivity index (χ1v) is 11.1. The zero-order chi connectivity index (χ0) is 22.4. The number of likely N-dealkylation sites (N-methyl/N-ethyl adjacent to an activating group) is 1. The molecular formula is C23H37N5O3. The number of benzene rings is 1. The average molecular weight is 432 g/mol. The van der Waals surface area contributed by atoms with Crippen molar-refractivity contribution >= 4 is 11.9 Å². The number of methoxy groups -OCH3 is 2. The fourth-order valence-corrected chi connectivity index (χ4v) is 4.55. The molecule has 1 amide bonds. The first kappa shape index (κ1) is 23.2. The van der Waals surface area contributed by atoms with Gasteiger partial charge in [-0.05, 0) is 55.5 Å². The fraction of sp³-hybridized carbons (Fsp3) is 0.652. The molecule has 2 aliphatic rings. The lowest BCUT2D eigenvalue weighted by Crippen LogP contribution is -2.45. The van der Waals surface area contributed by atoms with Gasteiger partial charge in [-0.1, -0.05) is 0 Å². The van der Waals surface area contributed by atoms with E-state index in [0.29, 0.717) is 0 Å². The number of nitrogens with one attached hydrogen (secondary N) is 1. The fourth-order valence-electron chi connectivity index (χ4n) is 4.55. The van der Waals surface area contributed by atoms with Crippen molar-refractivity contribution in [2.75, 3.05) is 61.5 Å². The lowest BCUT2D eigenvalue weighted by molar-refractivity contribution is -0.133. The van der Waals surface area contributed by atoms with Crippen molar-refractivity contribution in [1.29, 1.82) is 0 Å². The molecule has 1 atom stereocenters. The molecule has 0 aromatic heterocycles. The Kier molecular flexibility index (Phi) is 8.01. The minimum Gasteiger partial charge on any atom is -0.493 e. The number of amides is 1. The van der Waals surface area contributed by atoms with Crippen LogP contribution in [0.2, 0.25) is 0 Å². The lowest BCUT2D eigenvalue weighted by atomic mass is 9.99. The molecule has 172 valence electrons. The molecule has 31 heavy (non-hydrogen) atoms. The predicted molar refractivity (Wildman–Crippen MR) is 123 cm³/mol. The minimum absolute atomic E-state index is 0.0416. The van der Waals surface area contributed by atoms with E-state index in [1.807, 2.05) is 21.1 Å². The highest BCUT2D eigenvalue weighted by molar-refractivity contribution is 5.81. The molecule has 2 heterocycles. The number of ether oxygens (including phenoxy) is 2. The van der Waals surface area contributed by atoms with Crippen LogP contribution in [-0.2, 0) is 17.8 Å². The number of aliphatic imine (C=N–C) groups is 1. The van der Waals surface area contributed by atoms with Gasteiger partial charge in [-0.15, -0.1) is 0 Å². The van der Waals surface area contributed by atoms with Gasteiger partial charge < -0.3 is 24.6 Å². The largest absolute Gasteiger partial charge is 0.493 e. The van der Waals surface area contributed by atoms with Crippen molar-refractivity contribution in [3.8, 4) is 11.5 Å². The van der Waals surface area contributed by atoms with Gasteiger partial charge in [0.2, 0.25) is 5.91 Å². The Morgan fingerprint density at radius 2 is 1.90 bits per heavy atom. The molecule has 2 aliphatic heterocycles. The average Bonchev–Trinajstić information content (AvgIpc) is 3.25. The van der Waals surface area contributed by atoms with Gasteiger partial charge in [-0.3, -0.25) is 14.7 Å². The van der Waals surface area contributed by atoms with E-state index in [9.17, 15) is 4.79 Å². The summed E-state index contributed by atoms with van der Waals surface area (Å²) in [5.41, 5.74) is 2.55. The third-order valence-corrected chi connectivity index (χ3v) is 6.22. The number of guanidine groups is 1. The van der Waals surface area contributed by atoms with Crippen molar-refractivity contribution in [2.45, 2.75) is 38.3 Å². The molecule has 1 unspecified atom stereocenters. The number of carbonyl (C=O) groups is 1. The molecule has 0 aliphatic carbocycles. The number of hydrogen-bond donors (Lipinski definition) is 1. The van der Waals surface area contributed by atoms with Crippen LogP contribution in [0.4, 0.5) is 0 Å². The maximum absolute atomic E-state index is 12.4. The number of nitrogens with zero attached hydrogens (tertiary/aromatic N) is 4. The van der Waals surface area contributed by atoms with Crippen LogP contribution < -0.4 is 14.8 Å². The quantitative estimate of drug-likeness (QED) is 0.402. The molecule has 1 saturated heterocycles. The Morgan fingerprint density at radius 1 is 1.19 bits per heavy atom. The number of hydrogen-bond acceptors (Lipinski definition) is 5. The van der Waals surface area contributed by atoms with Gasteiger partial charge >= 0.3 is 0 Å². The zero-order valence-electron chi connectivity index (χ0n) is 19.6. The van der Waals surface area contributed by atoms with E-state index in [1.165, 1.54) is 11.1 Å². The molecule has 1 fully saturated rings. The molecular weight excluding hydrogens is 394 g/mol. The van der Waals surface area contributed by atoms with Gasteiger partial charge in [-0.25, -0.2) is 0 Å². The molecule has 1 aromatic rings. The van der Waals surface area contributed by atoms with Crippen LogP contribution in [0, 0.1) is 0 Å². The third kappa shape index (κ3) is 5.42. The van der Waals surface area contributed by atoms with E-state index >= 15 is 0 Å². The van der Waals surface area contributed by atoms with Crippen LogP contribution in [0.3, 0.4) is 0 Å². The second kappa shape index (κ2) is 10.7. The van der Waals surface area contributed by atoms with Crippen LogP contribution in [0.15, 0.2) is 17.1 Å². The summed E-state index contributed by atoms with van der Waals surface area (Å²) < 4.78 is 10.9. The van der Waals surface area contributed by atoms with Gasteiger partial charge in [0.15, 0.2) is 17.5 Å². The van der Waals surface area contributed by atoms with Gasteiger partial charge in [-0.2, -0.15) is 0 Å². The number of rotatable bonds is 7. The second-order valence-corrected chi connectivity index (χ2v) is 8.40. The summed E-state index contributed by atoms with van der Waals surface area (Å²) in [7, 11) is 8.85. The molecule has 0 spiro atoms. The minimum atomic E-state index is 0.0416. The standard InChI is InChI=1S/C23H37N5O3/c1-24-23(25-10-7-12-27-11-6-8-19(27)22(29)26(2)3)28-13-9-17-14-20(30-4)21(31-5)15-18(17)16-28/h14-15,19H,6-13,16H2,1-5H3,(H,24,25). The lowest BCUT2D eigenvalue weighted by Gasteiger charge is -2.32. The molecule has 0 saturated carbocycles. The molecule has 0 radical (unpaired) electrons. The second-order valence-electron chi connectivity index (χ2n) is 8.40. The Bertz CT molecular complexity index is 796. The van der Waals surface area contributed by atoms with Crippen molar-refractivity contribution in [3.63, 3.8) is 0 Å². The zero-order valence-corrected chi connectivity index (χ0v) is 19.6. The van der Waals surface area contributed by atoms with Gasteiger partial charge in [0.25, 0.3) is 0 Å². The molecule has 1 aromatic carbocycles. The van der Waals surface area contributed by atoms with E-state index in [4.69, 9.17) is 9.47 Å². The maximum atomic E-state index is 12.4. The third-order valence-electron chi connectivity index (χ3n) is 6.22. The first-order valence-electron chi connectivity index (χ1n) is 11.1. The van der Waals surface area contributed by atoms with Gasteiger partial charge in [0, 0.05) is 47.3 Å². The first-order chi connectivity index (χ1) is 15.0. The summed E-state index contributed by atoms with van der Waals surface area (Å²) >= 11 is 0. The number of fused-ring (bicyclic) bond motifs is 1. The van der Waals surface area contributed by atoms with E-state index in [2.05, 4.69) is 32.2 Å². The normalized spacial score (nSPS) is 19.2. The van der Waals surface area contributed by atoms with Crippen LogP contribution in [0.5, 0.6) is 11.5 Å². The van der Waals surface area contributed by atoms with E-state index < -0.39 is 0 Å². The Morgan fingerprint density at radius 3 is 2.55 bits per heavy atom. The van der Waals surface area contributed by atoms with Crippen LogP contribution >= 0.6 is 0 Å². The number of carbonyl (C=O) groups excluding carboxylic acids is 1. The smallest absolute Gasteiger partial charge is 0.239 e. The maximum Gasteiger partial charge on any atom is 0.239 e. The summed E-state index contributed by atoms with van der Waals surface area (Å²) in [6, 6.07) is 4.20. The van der Waals surface area contributed by atoms with Crippen molar-refractivity contribution in [3.05, 3.63) is 23.3 Å². The highest BCUT2D eigenvalue weighted by atomic mass is 16.5. The van der Waals surface area contributed by atoms with Gasteiger partial charge in [0.05, 0.1) is 20.3 Å². The molecule has 0 bridgehead atoms. The number of likely N-dealkylation sites (tertiary alicyclic amines) is 1. The van der Waals surface area contributed by atoms with Gasteiger partial charge in [0.1, 0.15) is 0 Å². The summed E-state index contributed by atoms with van der Waals surface area (Å²) in [6.45, 7) is 4.47. The van der Waals surface area contributed by atoms with Crippen molar-refractivity contribution in [1.82, 2.24) is 20.0 Å². The highest BCUT2D eigenvalue weighted by Gasteiger charge is 2.31. The van der Waals surface area contributed by atoms with Crippen LogP contribution in [-0.4, -0.2) is 94.1 Å².